The van der Waals surface area contributed by atoms with Gasteiger partial charge in [0.25, 0.3) is 11.1 Å². The Morgan fingerprint density at radius 1 is 0.707 bits per heavy atom. The quantitative estimate of drug-likeness (QED) is 0.0199. The van der Waals surface area contributed by atoms with Crippen LogP contribution in [0.1, 0.15) is 62.8 Å². The molecule has 2 rings (SSSR count). The number of nitrogens with zero attached hydrogens (tertiary/aromatic N) is 3. The SMILES string of the molecule is C=CC(=O)OCCO.C=CC(=O)OCCOC(=O)NCCCCCCNC(=O)Nc1nc(C)cc(=O)[nH]1.Cc1cc(=O)[nH]c(NC(=O)NCCCCCCN=C=O)n1. The van der Waals surface area contributed by atoms with Gasteiger partial charge in [0.2, 0.25) is 18.0 Å². The highest BCUT2D eigenvalue weighted by molar-refractivity contribution is 5.87. The van der Waals surface area contributed by atoms with E-state index in [1.54, 1.807) is 13.8 Å². The third-order valence-corrected chi connectivity index (χ3v) is 6.64. The van der Waals surface area contributed by atoms with E-state index in [0.717, 1.165) is 63.5 Å². The third kappa shape index (κ3) is 30.6. The lowest BCUT2D eigenvalue weighted by molar-refractivity contribution is -0.139. The number of nitrogens with one attached hydrogen (secondary N) is 7. The zero-order valence-corrected chi connectivity index (χ0v) is 32.8. The maximum Gasteiger partial charge on any atom is 0.407 e. The molecule has 0 radical (unpaired) electrons. The Hall–Kier alpha value is -6.67. The summed E-state index contributed by atoms with van der Waals surface area (Å²) in [4.78, 5) is 104. The van der Waals surface area contributed by atoms with Crippen molar-refractivity contribution in [2.45, 2.75) is 65.2 Å². The number of anilines is 2. The van der Waals surface area contributed by atoms with Gasteiger partial charge in [-0.2, -0.15) is 0 Å². The molecule has 320 valence electrons. The van der Waals surface area contributed by atoms with Gasteiger partial charge in [0.15, 0.2) is 0 Å². The maximum atomic E-state index is 11.7. The maximum absolute atomic E-state index is 11.7. The number of alkyl carbamates (subject to hydrolysis) is 1. The zero-order chi connectivity index (χ0) is 43.4. The minimum absolute atomic E-state index is 0.0190. The minimum Gasteiger partial charge on any atom is -0.460 e. The van der Waals surface area contributed by atoms with Crippen LogP contribution < -0.4 is 37.7 Å². The standard InChI is InChI=1S/C18H27N5O6.C13H19N5O3.C5H8O3/c1-3-15(25)28-10-11-29-18(27)20-9-7-5-4-6-8-19-17(26)23-16-21-13(2)12-14(24)22-16;1-10-8-11(20)17-12(16-10)18-13(21)15-7-5-3-2-4-6-14-9-19;1-2-5(7)8-4-3-6/h3,12H,1,4-11H2,2H3,(H,20,27)(H3,19,21,22,23,24,26);8H,2-7H2,1H3,(H3,15,16,17,18,20,21);2,6H,1,3-4H2. The second-order valence-electron chi connectivity index (χ2n) is 11.6. The molecule has 0 atom stereocenters. The predicted molar refractivity (Wildman–Crippen MR) is 212 cm³/mol. The molecule has 2 aromatic heterocycles. The van der Waals surface area contributed by atoms with Crippen molar-refractivity contribution in [3.05, 3.63) is 69.5 Å². The summed E-state index contributed by atoms with van der Waals surface area (Å²) in [5.74, 6) is -0.838. The summed E-state index contributed by atoms with van der Waals surface area (Å²) in [5, 5.41) is 21.0. The highest BCUT2D eigenvalue weighted by atomic mass is 16.6. The first-order valence-corrected chi connectivity index (χ1v) is 18.2. The number of unbranched alkanes of at least 4 members (excludes halogenated alkanes) is 6. The molecule has 0 saturated carbocycles. The number of esters is 2. The fraction of sp³-hybridized carbons (Fsp3) is 0.500. The molecule has 22 nitrogen and oxygen atoms in total. The highest BCUT2D eigenvalue weighted by Gasteiger charge is 2.06. The Morgan fingerprint density at radius 3 is 1.57 bits per heavy atom. The lowest BCUT2D eigenvalue weighted by atomic mass is 10.2. The van der Waals surface area contributed by atoms with E-state index in [1.165, 1.54) is 18.2 Å². The monoisotopic (exact) mass is 818 g/mol. The van der Waals surface area contributed by atoms with Crippen molar-refractivity contribution in [2.24, 2.45) is 4.99 Å². The summed E-state index contributed by atoms with van der Waals surface area (Å²) in [7, 11) is 0. The van der Waals surface area contributed by atoms with E-state index in [-0.39, 0.29) is 49.4 Å². The molecule has 2 aromatic rings. The first kappa shape index (κ1) is 51.3. The van der Waals surface area contributed by atoms with Crippen LogP contribution in [0.15, 0.2) is 52.0 Å². The van der Waals surface area contributed by atoms with Gasteiger partial charge in [-0.05, 0) is 39.5 Å². The third-order valence-electron chi connectivity index (χ3n) is 6.64. The molecule has 0 bridgehead atoms. The van der Waals surface area contributed by atoms with Gasteiger partial charge in [0, 0.05) is 55.3 Å². The number of aliphatic hydroxyl groups excluding tert-OH is 1. The number of carbonyl (C=O) groups is 5. The molecule has 0 saturated heterocycles. The van der Waals surface area contributed by atoms with Crippen LogP contribution in [0, 0.1) is 13.8 Å². The van der Waals surface area contributed by atoms with Gasteiger partial charge in [-0.3, -0.25) is 30.2 Å². The number of aliphatic hydroxyl groups is 1. The van der Waals surface area contributed by atoms with Crippen LogP contribution in [-0.2, 0) is 28.6 Å². The van der Waals surface area contributed by atoms with Crippen molar-refractivity contribution in [3.63, 3.8) is 0 Å². The lowest BCUT2D eigenvalue weighted by Gasteiger charge is -2.08. The number of aromatic amines is 2. The Bertz CT molecular complexity index is 1740. The van der Waals surface area contributed by atoms with Crippen molar-refractivity contribution in [1.82, 2.24) is 35.9 Å². The molecule has 22 heteroatoms. The molecule has 0 aliphatic heterocycles. The van der Waals surface area contributed by atoms with Gasteiger partial charge in [-0.15, -0.1) is 0 Å². The smallest absolute Gasteiger partial charge is 0.407 e. The van der Waals surface area contributed by atoms with Crippen LogP contribution in [0.3, 0.4) is 0 Å². The Balaban J connectivity index is 0.000000973. The molecule has 58 heavy (non-hydrogen) atoms. The molecule has 8 N–H and O–H groups in total. The number of H-pyrrole nitrogens is 2. The van der Waals surface area contributed by atoms with Crippen LogP contribution in [-0.4, -0.2) is 114 Å². The van der Waals surface area contributed by atoms with E-state index < -0.39 is 30.1 Å². The number of rotatable bonds is 23. The Morgan fingerprint density at radius 2 is 1.14 bits per heavy atom. The molecule has 0 aliphatic rings. The number of hydrogen-bond donors (Lipinski definition) is 8. The van der Waals surface area contributed by atoms with Crippen LogP contribution >= 0.6 is 0 Å². The topological polar surface area (TPSA) is 314 Å². The summed E-state index contributed by atoms with van der Waals surface area (Å²) in [6.45, 7) is 11.6. The number of hydrogen-bond acceptors (Lipinski definition) is 15. The van der Waals surface area contributed by atoms with E-state index in [2.05, 4.69) is 74.1 Å². The van der Waals surface area contributed by atoms with Crippen molar-refractivity contribution < 1.29 is 48.1 Å². The summed E-state index contributed by atoms with van der Waals surface area (Å²) < 4.78 is 13.8. The van der Waals surface area contributed by atoms with Crippen LogP contribution in [0.5, 0.6) is 0 Å². The predicted octanol–water partition coefficient (Wildman–Crippen LogP) is 2.02. The minimum atomic E-state index is -0.569. The molecule has 5 amide bonds. The second-order valence-corrected chi connectivity index (χ2v) is 11.6. The number of aromatic nitrogens is 4. The number of aryl methyl sites for hydroxylation is 2. The van der Waals surface area contributed by atoms with E-state index >= 15 is 0 Å². The van der Waals surface area contributed by atoms with Crippen LogP contribution in [0.2, 0.25) is 0 Å². The van der Waals surface area contributed by atoms with Crippen molar-refractivity contribution in [1.29, 1.82) is 0 Å². The molecule has 0 spiro atoms. The highest BCUT2D eigenvalue weighted by Crippen LogP contribution is 2.01. The second kappa shape index (κ2) is 33.6. The van der Waals surface area contributed by atoms with Crippen molar-refractivity contribution in [2.75, 3.05) is 63.2 Å². The lowest BCUT2D eigenvalue weighted by Crippen LogP contribution is -2.31. The largest absolute Gasteiger partial charge is 0.460 e. The summed E-state index contributed by atoms with van der Waals surface area (Å²) in [6.07, 6.45) is 9.84. The Kier molecular flexibility index (Phi) is 29.8. The number of urea groups is 2. The summed E-state index contributed by atoms with van der Waals surface area (Å²) in [5.41, 5.74) is 0.405. The molecular weight excluding hydrogens is 764 g/mol. The first-order chi connectivity index (χ1) is 27.8. The number of carbonyl (C=O) groups excluding carboxylic acids is 6. The van der Waals surface area contributed by atoms with Gasteiger partial charge < -0.3 is 35.3 Å². The average molecular weight is 819 g/mol. The van der Waals surface area contributed by atoms with E-state index in [4.69, 9.17) is 9.84 Å². The summed E-state index contributed by atoms with van der Waals surface area (Å²) in [6, 6.07) is 1.83. The van der Waals surface area contributed by atoms with Gasteiger partial charge >= 0.3 is 30.1 Å². The number of isocyanates is 1. The molecule has 0 fully saturated rings. The van der Waals surface area contributed by atoms with Gasteiger partial charge in [0.1, 0.15) is 19.8 Å². The number of aliphatic imine (C=N–C) groups is 1. The van der Waals surface area contributed by atoms with Gasteiger partial charge in [0.05, 0.1) is 13.2 Å². The molecule has 2 heterocycles. The Labute approximate surface area is 334 Å². The molecule has 0 aliphatic carbocycles. The molecule has 0 unspecified atom stereocenters. The first-order valence-electron chi connectivity index (χ1n) is 18.2. The van der Waals surface area contributed by atoms with E-state index in [0.29, 0.717) is 37.6 Å². The fourth-order valence-electron chi connectivity index (χ4n) is 4.08. The average Bonchev–Trinajstić information content (AvgIpc) is 3.17. The fourth-order valence-corrected chi connectivity index (χ4v) is 4.08. The van der Waals surface area contributed by atoms with Crippen LogP contribution in [0.25, 0.3) is 0 Å². The van der Waals surface area contributed by atoms with Gasteiger partial charge in [-0.25, -0.2) is 43.7 Å². The summed E-state index contributed by atoms with van der Waals surface area (Å²) >= 11 is 0. The van der Waals surface area contributed by atoms with E-state index in [9.17, 15) is 38.4 Å². The molecule has 0 aromatic carbocycles. The number of ether oxygens (including phenoxy) is 3. The van der Waals surface area contributed by atoms with Crippen molar-refractivity contribution in [3.8, 4) is 0 Å². The van der Waals surface area contributed by atoms with Crippen molar-refractivity contribution >= 4 is 48.1 Å². The van der Waals surface area contributed by atoms with Gasteiger partial charge in [-0.1, -0.05) is 38.8 Å². The normalized spacial score (nSPS) is 9.64. The van der Waals surface area contributed by atoms with Crippen LogP contribution in [0.4, 0.5) is 26.3 Å². The zero-order valence-electron chi connectivity index (χ0n) is 32.8. The van der Waals surface area contributed by atoms with E-state index in [1.807, 2.05) is 0 Å². The molecular formula is C36H54N10O12. The number of amides is 5.